The number of hydrogen-bond donors (Lipinski definition) is 0. The van der Waals surface area contributed by atoms with Gasteiger partial charge in [0, 0.05) is 16.5 Å². The second kappa shape index (κ2) is 5.61. The summed E-state index contributed by atoms with van der Waals surface area (Å²) < 4.78 is 27.4. The summed E-state index contributed by atoms with van der Waals surface area (Å²) >= 11 is 3.29. The number of carbonyl (C=O) groups is 1. The quantitative estimate of drug-likeness (QED) is 0.762. The second-order valence-electron chi connectivity index (χ2n) is 4.27. The van der Waals surface area contributed by atoms with Crippen LogP contribution in [0.25, 0.3) is 0 Å². The lowest BCUT2D eigenvalue weighted by molar-refractivity contribution is 0.0991. The highest BCUT2D eigenvalue weighted by Gasteiger charge is 2.15. The molecule has 0 aliphatic carbocycles. The van der Waals surface area contributed by atoms with Crippen molar-refractivity contribution in [1.29, 1.82) is 0 Å². The molecule has 0 radical (unpaired) electrons. The summed E-state index contributed by atoms with van der Waals surface area (Å²) in [6, 6.07) is 9.18. The van der Waals surface area contributed by atoms with Gasteiger partial charge in [-0.25, -0.2) is 8.78 Å². The van der Waals surface area contributed by atoms with E-state index in [0.29, 0.717) is 5.56 Å². The molecule has 0 bridgehead atoms. The van der Waals surface area contributed by atoms with Gasteiger partial charge < -0.3 is 0 Å². The lowest BCUT2D eigenvalue weighted by Gasteiger charge is -2.07. The van der Waals surface area contributed by atoms with E-state index in [1.165, 1.54) is 12.1 Å². The van der Waals surface area contributed by atoms with E-state index in [2.05, 4.69) is 15.9 Å². The van der Waals surface area contributed by atoms with E-state index in [0.717, 1.165) is 16.1 Å². The minimum Gasteiger partial charge on any atom is -0.294 e. The molecule has 4 heteroatoms. The molecule has 19 heavy (non-hydrogen) atoms. The van der Waals surface area contributed by atoms with Crippen LogP contribution in [0.15, 0.2) is 40.9 Å². The molecular weight excluding hydrogens is 314 g/mol. The van der Waals surface area contributed by atoms with E-state index in [-0.39, 0.29) is 17.8 Å². The number of carbonyl (C=O) groups excluding carboxylic acids is 1. The summed E-state index contributed by atoms with van der Waals surface area (Å²) in [4.78, 5) is 12.1. The third-order valence-electron chi connectivity index (χ3n) is 2.88. The van der Waals surface area contributed by atoms with Crippen molar-refractivity contribution in [2.75, 3.05) is 0 Å². The van der Waals surface area contributed by atoms with Gasteiger partial charge >= 0.3 is 0 Å². The monoisotopic (exact) mass is 324 g/mol. The van der Waals surface area contributed by atoms with Crippen LogP contribution in [-0.2, 0) is 6.42 Å². The van der Waals surface area contributed by atoms with Gasteiger partial charge in [-0.2, -0.15) is 0 Å². The smallest absolute Gasteiger partial charge is 0.167 e. The van der Waals surface area contributed by atoms with Crippen molar-refractivity contribution in [2.45, 2.75) is 13.3 Å². The zero-order chi connectivity index (χ0) is 14.0. The van der Waals surface area contributed by atoms with Gasteiger partial charge in [0.1, 0.15) is 0 Å². The van der Waals surface area contributed by atoms with Crippen molar-refractivity contribution >= 4 is 21.7 Å². The third kappa shape index (κ3) is 3.07. The summed E-state index contributed by atoms with van der Waals surface area (Å²) in [6.07, 6.45) is -0.152. The van der Waals surface area contributed by atoms with E-state index >= 15 is 0 Å². The fourth-order valence-electron chi connectivity index (χ4n) is 1.85. The first-order valence-electron chi connectivity index (χ1n) is 5.71. The summed E-state index contributed by atoms with van der Waals surface area (Å²) in [7, 11) is 0. The van der Waals surface area contributed by atoms with Gasteiger partial charge in [0.25, 0.3) is 0 Å². The maximum atomic E-state index is 13.5. The summed E-state index contributed by atoms with van der Waals surface area (Å²) in [5.41, 5.74) is 1.40. The van der Waals surface area contributed by atoms with Crippen LogP contribution >= 0.6 is 15.9 Å². The molecule has 0 fully saturated rings. The van der Waals surface area contributed by atoms with Crippen LogP contribution in [0.3, 0.4) is 0 Å². The zero-order valence-corrected chi connectivity index (χ0v) is 11.8. The highest BCUT2D eigenvalue weighted by Crippen LogP contribution is 2.19. The average Bonchev–Trinajstić information content (AvgIpc) is 2.38. The fourth-order valence-corrected chi connectivity index (χ4v) is 2.21. The van der Waals surface area contributed by atoms with Crippen LogP contribution in [0.5, 0.6) is 0 Å². The molecule has 2 rings (SSSR count). The minimum atomic E-state index is -0.955. The van der Waals surface area contributed by atoms with Crippen molar-refractivity contribution in [3.05, 3.63) is 69.2 Å². The molecule has 0 saturated carbocycles. The highest BCUT2D eigenvalue weighted by atomic mass is 79.9. The number of halogens is 3. The Kier molecular flexibility index (Phi) is 4.10. The fraction of sp³-hybridized carbons (Fsp3) is 0.133. The van der Waals surface area contributed by atoms with Crippen LogP contribution in [0.2, 0.25) is 0 Å². The van der Waals surface area contributed by atoms with Gasteiger partial charge in [-0.15, -0.1) is 0 Å². The Morgan fingerprint density at radius 1 is 1.21 bits per heavy atom. The van der Waals surface area contributed by atoms with Crippen molar-refractivity contribution < 1.29 is 13.6 Å². The molecule has 0 atom stereocenters. The van der Waals surface area contributed by atoms with Gasteiger partial charge in [0.2, 0.25) is 0 Å². The predicted octanol–water partition coefficient (Wildman–Crippen LogP) is 4.46. The molecule has 0 N–H and O–H groups in total. The number of Topliss-reactive ketones (excluding diaryl/α,β-unsaturated/α-hetero) is 1. The van der Waals surface area contributed by atoms with Crippen molar-refractivity contribution in [2.24, 2.45) is 0 Å². The van der Waals surface area contributed by atoms with E-state index < -0.39 is 11.6 Å². The average molecular weight is 325 g/mol. The molecule has 0 spiro atoms. The number of benzene rings is 2. The lowest BCUT2D eigenvalue weighted by Crippen LogP contribution is -2.08. The van der Waals surface area contributed by atoms with E-state index in [9.17, 15) is 13.6 Å². The predicted molar refractivity (Wildman–Crippen MR) is 73.3 cm³/mol. The molecule has 0 saturated heterocycles. The second-order valence-corrected chi connectivity index (χ2v) is 5.19. The molecule has 2 aromatic carbocycles. The molecular formula is C15H11BrF2O. The van der Waals surface area contributed by atoms with Crippen molar-refractivity contribution in [3.63, 3.8) is 0 Å². The molecule has 0 amide bonds. The molecule has 0 aromatic heterocycles. The molecule has 0 unspecified atom stereocenters. The normalized spacial score (nSPS) is 10.5. The first-order chi connectivity index (χ1) is 8.99. The van der Waals surface area contributed by atoms with Gasteiger partial charge in [0.05, 0.1) is 0 Å². The van der Waals surface area contributed by atoms with Crippen molar-refractivity contribution in [1.82, 2.24) is 0 Å². The van der Waals surface area contributed by atoms with Crippen LogP contribution in [0.1, 0.15) is 21.5 Å². The van der Waals surface area contributed by atoms with E-state index in [1.54, 1.807) is 12.1 Å². The number of rotatable bonds is 3. The maximum absolute atomic E-state index is 13.5. The number of aryl methyl sites for hydroxylation is 1. The van der Waals surface area contributed by atoms with Crippen LogP contribution in [-0.4, -0.2) is 5.78 Å². The Bertz CT molecular complexity index is 638. The molecule has 1 nitrogen and oxygen atoms in total. The Morgan fingerprint density at radius 3 is 2.68 bits per heavy atom. The minimum absolute atomic E-state index is 0.0735. The zero-order valence-electron chi connectivity index (χ0n) is 10.2. The van der Waals surface area contributed by atoms with Gasteiger partial charge in [-0.05, 0) is 36.2 Å². The molecule has 0 aliphatic rings. The molecule has 98 valence electrons. The summed E-state index contributed by atoms with van der Waals surface area (Å²) in [5.74, 6) is -2.12. The standard InChI is InChI=1S/C15H11BrF2O/c1-9-5-6-11(16)8-12(9)14(19)7-10-3-2-4-13(17)15(10)18/h2-6,8H,7H2,1H3. The largest absolute Gasteiger partial charge is 0.294 e. The van der Waals surface area contributed by atoms with Crippen molar-refractivity contribution in [3.8, 4) is 0 Å². The van der Waals surface area contributed by atoms with Gasteiger partial charge in [0.15, 0.2) is 17.4 Å². The van der Waals surface area contributed by atoms with Crippen LogP contribution in [0, 0.1) is 18.6 Å². The highest BCUT2D eigenvalue weighted by molar-refractivity contribution is 9.10. The van der Waals surface area contributed by atoms with Crippen LogP contribution < -0.4 is 0 Å². The molecule has 0 aliphatic heterocycles. The Balaban J connectivity index is 2.31. The SMILES string of the molecule is Cc1ccc(Br)cc1C(=O)Cc1cccc(F)c1F. The van der Waals surface area contributed by atoms with Gasteiger partial charge in [-0.3, -0.25) is 4.79 Å². The first-order valence-corrected chi connectivity index (χ1v) is 6.50. The van der Waals surface area contributed by atoms with Crippen LogP contribution in [0.4, 0.5) is 8.78 Å². The third-order valence-corrected chi connectivity index (χ3v) is 3.38. The van der Waals surface area contributed by atoms with Gasteiger partial charge in [-0.1, -0.05) is 34.1 Å². The first kappa shape index (κ1) is 13.9. The lowest BCUT2D eigenvalue weighted by atomic mass is 9.99. The number of hydrogen-bond acceptors (Lipinski definition) is 1. The van der Waals surface area contributed by atoms with E-state index in [4.69, 9.17) is 0 Å². The Labute approximate surface area is 118 Å². The molecule has 2 aromatic rings. The summed E-state index contributed by atoms with van der Waals surface area (Å²) in [5, 5.41) is 0. The number of ketones is 1. The summed E-state index contributed by atoms with van der Waals surface area (Å²) in [6.45, 7) is 1.81. The Hall–Kier alpha value is -1.55. The Morgan fingerprint density at radius 2 is 1.95 bits per heavy atom. The molecule has 0 heterocycles. The van der Waals surface area contributed by atoms with E-state index in [1.807, 2.05) is 13.0 Å². The topological polar surface area (TPSA) is 17.1 Å². The maximum Gasteiger partial charge on any atom is 0.167 e.